The van der Waals surface area contributed by atoms with E-state index in [0.29, 0.717) is 6.04 Å². The van der Waals surface area contributed by atoms with Gasteiger partial charge in [0.1, 0.15) is 5.76 Å². The molecule has 3 aromatic rings. The van der Waals surface area contributed by atoms with Gasteiger partial charge in [0.2, 0.25) is 0 Å². The monoisotopic (exact) mass is 351 g/mol. The highest BCUT2D eigenvalue weighted by Gasteiger charge is 2.23. The molecular weight excluding hydrogens is 326 g/mol. The van der Waals surface area contributed by atoms with Crippen molar-refractivity contribution in [3.63, 3.8) is 0 Å². The number of benzene rings is 1. The number of piperidine rings is 1. The van der Waals surface area contributed by atoms with Crippen molar-refractivity contribution < 1.29 is 4.52 Å². The van der Waals surface area contributed by atoms with Crippen LogP contribution in [-0.2, 0) is 13.0 Å². The Hall–Kier alpha value is -2.47. The van der Waals surface area contributed by atoms with E-state index in [-0.39, 0.29) is 0 Å². The van der Waals surface area contributed by atoms with Gasteiger partial charge in [-0.1, -0.05) is 40.7 Å². The van der Waals surface area contributed by atoms with Crippen LogP contribution in [0.1, 0.15) is 47.2 Å². The van der Waals surface area contributed by atoms with Gasteiger partial charge in [0.25, 0.3) is 0 Å². The molecular formula is C20H25N5O. The Morgan fingerprint density at radius 3 is 2.58 bits per heavy atom. The molecule has 0 aliphatic carbocycles. The number of likely N-dealkylation sites (tertiary alicyclic amines) is 1. The minimum absolute atomic E-state index is 0.438. The maximum absolute atomic E-state index is 5.28. The standard InChI is InChI=1S/C20H25N5O/c1-15-20(16(2)26-22-15)14-24-10-8-19(9-11-24)25-13-18(21-23-25)12-17-6-4-3-5-7-17/h3-7,13,19H,8-12,14H2,1-2H3. The lowest BCUT2D eigenvalue weighted by atomic mass is 10.0. The van der Waals surface area contributed by atoms with Crippen molar-refractivity contribution in [3.8, 4) is 0 Å². The number of hydrogen-bond donors (Lipinski definition) is 0. The molecule has 2 aromatic heterocycles. The maximum Gasteiger partial charge on any atom is 0.138 e. The summed E-state index contributed by atoms with van der Waals surface area (Å²) in [4.78, 5) is 2.48. The van der Waals surface area contributed by atoms with E-state index in [4.69, 9.17) is 4.52 Å². The van der Waals surface area contributed by atoms with Gasteiger partial charge in [-0.2, -0.15) is 0 Å². The van der Waals surface area contributed by atoms with E-state index in [1.54, 1.807) is 0 Å². The van der Waals surface area contributed by atoms with E-state index < -0.39 is 0 Å². The Balaban J connectivity index is 1.33. The first-order valence-electron chi connectivity index (χ1n) is 9.28. The number of rotatable bonds is 5. The molecule has 0 unspecified atom stereocenters. The smallest absolute Gasteiger partial charge is 0.138 e. The Morgan fingerprint density at radius 2 is 1.88 bits per heavy atom. The summed E-state index contributed by atoms with van der Waals surface area (Å²) in [6.45, 7) is 7.05. The molecule has 0 atom stereocenters. The molecule has 136 valence electrons. The Morgan fingerprint density at radius 1 is 1.12 bits per heavy atom. The highest BCUT2D eigenvalue weighted by atomic mass is 16.5. The van der Waals surface area contributed by atoms with Crippen LogP contribution in [0.3, 0.4) is 0 Å². The maximum atomic E-state index is 5.28. The lowest BCUT2D eigenvalue weighted by Gasteiger charge is -2.31. The highest BCUT2D eigenvalue weighted by Crippen LogP contribution is 2.24. The van der Waals surface area contributed by atoms with Crippen molar-refractivity contribution in [2.45, 2.75) is 45.7 Å². The molecule has 3 heterocycles. The fourth-order valence-corrected chi connectivity index (χ4v) is 3.67. The molecule has 1 fully saturated rings. The largest absolute Gasteiger partial charge is 0.361 e. The number of aromatic nitrogens is 4. The first-order valence-corrected chi connectivity index (χ1v) is 9.28. The van der Waals surface area contributed by atoms with Crippen molar-refractivity contribution in [2.75, 3.05) is 13.1 Å². The summed E-state index contributed by atoms with van der Waals surface area (Å²) >= 11 is 0. The van der Waals surface area contributed by atoms with Gasteiger partial charge < -0.3 is 4.52 Å². The van der Waals surface area contributed by atoms with E-state index in [2.05, 4.69) is 55.5 Å². The second-order valence-electron chi connectivity index (χ2n) is 7.16. The van der Waals surface area contributed by atoms with Crippen LogP contribution in [-0.4, -0.2) is 38.1 Å². The molecule has 26 heavy (non-hydrogen) atoms. The first-order chi connectivity index (χ1) is 12.7. The average Bonchev–Trinajstić information content (AvgIpc) is 3.25. The Kier molecular flexibility index (Phi) is 4.84. The van der Waals surface area contributed by atoms with Gasteiger partial charge in [-0.05, 0) is 32.3 Å². The van der Waals surface area contributed by atoms with Crippen LogP contribution in [0.4, 0.5) is 0 Å². The summed E-state index contributed by atoms with van der Waals surface area (Å²) in [5.41, 5.74) is 4.55. The fraction of sp³-hybridized carbons (Fsp3) is 0.450. The molecule has 0 bridgehead atoms. The quantitative estimate of drug-likeness (QED) is 0.706. The predicted octanol–water partition coefficient (Wildman–Crippen LogP) is 3.31. The zero-order valence-corrected chi connectivity index (χ0v) is 15.4. The Labute approximate surface area is 153 Å². The minimum atomic E-state index is 0.438. The molecule has 1 saturated heterocycles. The van der Waals surface area contributed by atoms with E-state index in [1.165, 1.54) is 11.1 Å². The van der Waals surface area contributed by atoms with Crippen LogP contribution in [0.5, 0.6) is 0 Å². The second kappa shape index (κ2) is 7.41. The van der Waals surface area contributed by atoms with Gasteiger partial charge in [-0.25, -0.2) is 4.68 Å². The van der Waals surface area contributed by atoms with Crippen LogP contribution in [0.15, 0.2) is 41.1 Å². The van der Waals surface area contributed by atoms with Crippen molar-refractivity contribution in [3.05, 3.63) is 64.8 Å². The third-order valence-corrected chi connectivity index (χ3v) is 5.28. The van der Waals surface area contributed by atoms with Gasteiger partial charge >= 0.3 is 0 Å². The van der Waals surface area contributed by atoms with E-state index >= 15 is 0 Å². The zero-order valence-electron chi connectivity index (χ0n) is 15.4. The third kappa shape index (κ3) is 3.70. The summed E-state index contributed by atoms with van der Waals surface area (Å²) in [6, 6.07) is 10.9. The van der Waals surface area contributed by atoms with Crippen LogP contribution < -0.4 is 0 Å². The minimum Gasteiger partial charge on any atom is -0.361 e. The van der Waals surface area contributed by atoms with Crippen molar-refractivity contribution in [1.82, 2.24) is 25.1 Å². The second-order valence-corrected chi connectivity index (χ2v) is 7.16. The SMILES string of the molecule is Cc1noc(C)c1CN1CCC(n2cc(Cc3ccccc3)nn2)CC1. The van der Waals surface area contributed by atoms with Gasteiger partial charge in [-0.15, -0.1) is 5.10 Å². The lowest BCUT2D eigenvalue weighted by molar-refractivity contribution is 0.171. The van der Waals surface area contributed by atoms with E-state index in [9.17, 15) is 0 Å². The van der Waals surface area contributed by atoms with Crippen LogP contribution in [0, 0.1) is 13.8 Å². The summed E-state index contributed by atoms with van der Waals surface area (Å²) < 4.78 is 7.34. The highest BCUT2D eigenvalue weighted by molar-refractivity contribution is 5.21. The Bertz CT molecular complexity index is 827. The molecule has 0 spiro atoms. The van der Waals surface area contributed by atoms with E-state index in [1.807, 2.05) is 19.9 Å². The predicted molar refractivity (Wildman–Crippen MR) is 98.8 cm³/mol. The molecule has 0 N–H and O–H groups in total. The molecule has 0 radical (unpaired) electrons. The lowest BCUT2D eigenvalue weighted by Crippen LogP contribution is -2.34. The molecule has 6 heteroatoms. The summed E-state index contributed by atoms with van der Waals surface area (Å²) in [5, 5.41) is 12.8. The van der Waals surface area contributed by atoms with E-state index in [0.717, 1.165) is 56.0 Å². The summed E-state index contributed by atoms with van der Waals surface area (Å²) in [5.74, 6) is 0.937. The molecule has 0 saturated carbocycles. The fourth-order valence-electron chi connectivity index (χ4n) is 3.67. The summed E-state index contributed by atoms with van der Waals surface area (Å²) in [6.07, 6.45) is 5.14. The number of nitrogens with zero attached hydrogens (tertiary/aromatic N) is 5. The average molecular weight is 351 g/mol. The topological polar surface area (TPSA) is 60.0 Å². The molecule has 1 aliphatic heterocycles. The van der Waals surface area contributed by atoms with Crippen molar-refractivity contribution in [1.29, 1.82) is 0 Å². The molecule has 1 aromatic carbocycles. The van der Waals surface area contributed by atoms with Gasteiger partial charge in [0.15, 0.2) is 0 Å². The third-order valence-electron chi connectivity index (χ3n) is 5.28. The van der Waals surface area contributed by atoms with Crippen LogP contribution in [0.2, 0.25) is 0 Å². The number of hydrogen-bond acceptors (Lipinski definition) is 5. The molecule has 1 aliphatic rings. The van der Waals surface area contributed by atoms with Gasteiger partial charge in [-0.3, -0.25) is 4.90 Å². The normalized spacial score (nSPS) is 16.2. The van der Waals surface area contributed by atoms with Crippen molar-refractivity contribution >= 4 is 0 Å². The molecule has 6 nitrogen and oxygen atoms in total. The number of aryl methyl sites for hydroxylation is 2. The van der Waals surface area contributed by atoms with Crippen molar-refractivity contribution in [2.24, 2.45) is 0 Å². The molecule has 4 rings (SSSR count). The van der Waals surface area contributed by atoms with Gasteiger partial charge in [0.05, 0.1) is 17.4 Å². The van der Waals surface area contributed by atoms with Crippen LogP contribution >= 0.6 is 0 Å². The summed E-state index contributed by atoms with van der Waals surface area (Å²) in [7, 11) is 0. The first kappa shape index (κ1) is 17.0. The molecule has 0 amide bonds. The zero-order chi connectivity index (χ0) is 17.9. The van der Waals surface area contributed by atoms with Gasteiger partial charge in [0, 0.05) is 37.8 Å². The van der Waals surface area contributed by atoms with Crippen LogP contribution in [0.25, 0.3) is 0 Å².